The van der Waals surface area contributed by atoms with Crippen LogP contribution >= 0.6 is 0 Å². The van der Waals surface area contributed by atoms with Crippen molar-refractivity contribution in [3.63, 3.8) is 0 Å². The Bertz CT molecular complexity index is 446. The van der Waals surface area contributed by atoms with E-state index in [1.54, 1.807) is 31.2 Å². The molecule has 3 nitrogen and oxygen atoms in total. The summed E-state index contributed by atoms with van der Waals surface area (Å²) < 4.78 is 36.5. The number of anilines is 1. The minimum atomic E-state index is -4.28. The van der Waals surface area contributed by atoms with Gasteiger partial charge in [-0.25, -0.2) is 0 Å². The van der Waals surface area contributed by atoms with Crippen LogP contribution in [0.5, 0.6) is 0 Å². The Morgan fingerprint density at radius 1 is 1.37 bits per heavy atom. The number of hydrogen-bond donors (Lipinski definition) is 2. The minimum absolute atomic E-state index is 0.442. The minimum Gasteiger partial charge on any atom is -0.399 e. The number of alkyl halides is 3. The Balaban J connectivity index is 2.63. The van der Waals surface area contributed by atoms with E-state index in [0.717, 1.165) is 0 Å². The zero-order valence-corrected chi connectivity index (χ0v) is 10.8. The van der Waals surface area contributed by atoms with Crippen molar-refractivity contribution in [3.05, 3.63) is 29.8 Å². The van der Waals surface area contributed by atoms with Crippen molar-refractivity contribution in [1.29, 1.82) is 0 Å². The van der Waals surface area contributed by atoms with Gasteiger partial charge >= 0.3 is 6.18 Å². The number of carbonyl (C=O) groups excluding carboxylic acids is 1. The highest BCUT2D eigenvalue weighted by Gasteiger charge is 2.31. The average Bonchev–Trinajstić information content (AvgIpc) is 2.25. The molecule has 0 aromatic heterocycles. The van der Waals surface area contributed by atoms with Crippen LogP contribution in [0.25, 0.3) is 0 Å². The molecular weight excluding hydrogens is 257 g/mol. The third-order valence-corrected chi connectivity index (χ3v) is 2.73. The lowest BCUT2D eigenvalue weighted by Crippen LogP contribution is -2.38. The zero-order valence-electron chi connectivity index (χ0n) is 10.8. The lowest BCUT2D eigenvalue weighted by atomic mass is 9.99. The summed E-state index contributed by atoms with van der Waals surface area (Å²) >= 11 is 0. The van der Waals surface area contributed by atoms with E-state index in [1.165, 1.54) is 6.92 Å². The molecular formula is C13H17F3N2O. The molecule has 0 aliphatic heterocycles. The molecule has 106 valence electrons. The first-order valence-corrected chi connectivity index (χ1v) is 5.91. The van der Waals surface area contributed by atoms with Gasteiger partial charge in [-0.15, -0.1) is 0 Å². The van der Waals surface area contributed by atoms with Crippen molar-refractivity contribution in [3.8, 4) is 0 Å². The summed E-state index contributed by atoms with van der Waals surface area (Å²) in [6.45, 7) is 2.96. The van der Waals surface area contributed by atoms with E-state index in [4.69, 9.17) is 5.73 Å². The van der Waals surface area contributed by atoms with Crippen molar-refractivity contribution in [2.45, 2.75) is 38.4 Å². The molecule has 2 unspecified atom stereocenters. The summed E-state index contributed by atoms with van der Waals surface area (Å²) in [6, 6.07) is 5.79. The Labute approximate surface area is 110 Å². The first-order valence-electron chi connectivity index (χ1n) is 5.91. The van der Waals surface area contributed by atoms with Crippen molar-refractivity contribution >= 4 is 11.6 Å². The fourth-order valence-electron chi connectivity index (χ4n) is 1.75. The molecule has 0 saturated heterocycles. The van der Waals surface area contributed by atoms with Gasteiger partial charge in [0, 0.05) is 11.7 Å². The van der Waals surface area contributed by atoms with Crippen LogP contribution in [-0.4, -0.2) is 18.1 Å². The second-order valence-corrected chi connectivity index (χ2v) is 4.62. The van der Waals surface area contributed by atoms with Gasteiger partial charge in [-0.2, -0.15) is 13.2 Å². The summed E-state index contributed by atoms with van der Waals surface area (Å²) in [7, 11) is 0. The predicted octanol–water partition coefficient (Wildman–Crippen LogP) is 2.83. The smallest absolute Gasteiger partial charge is 0.391 e. The van der Waals surface area contributed by atoms with Gasteiger partial charge in [0.15, 0.2) is 0 Å². The third-order valence-electron chi connectivity index (χ3n) is 2.73. The monoisotopic (exact) mass is 274 g/mol. The number of halogens is 3. The molecule has 0 saturated carbocycles. The molecule has 0 fully saturated rings. The van der Waals surface area contributed by atoms with Gasteiger partial charge in [-0.3, -0.25) is 4.79 Å². The molecule has 0 spiro atoms. The summed E-state index contributed by atoms with van der Waals surface area (Å²) in [6.07, 6.45) is -5.32. The van der Waals surface area contributed by atoms with Gasteiger partial charge in [0.2, 0.25) is 5.91 Å². The summed E-state index contributed by atoms with van der Waals surface area (Å²) in [5.41, 5.74) is 6.79. The molecule has 1 aromatic carbocycles. The molecule has 6 heteroatoms. The van der Waals surface area contributed by atoms with E-state index in [9.17, 15) is 18.0 Å². The number of amides is 1. The van der Waals surface area contributed by atoms with E-state index < -0.39 is 30.5 Å². The molecule has 2 atom stereocenters. The van der Waals surface area contributed by atoms with Crippen LogP contribution in [0.1, 0.15) is 31.7 Å². The summed E-state index contributed by atoms with van der Waals surface area (Å²) in [5, 5.41) is 2.35. The topological polar surface area (TPSA) is 55.1 Å². The fraction of sp³-hybridized carbons (Fsp3) is 0.462. The fourth-order valence-corrected chi connectivity index (χ4v) is 1.75. The van der Waals surface area contributed by atoms with E-state index >= 15 is 0 Å². The standard InChI is InChI=1S/C13H17F3N2O/c1-8(7-13(14,15)16)18-12(19)9(2)10-4-3-5-11(17)6-10/h3-6,8-9H,7,17H2,1-2H3,(H,18,19). The second kappa shape index (κ2) is 5.95. The largest absolute Gasteiger partial charge is 0.399 e. The number of nitrogen functional groups attached to an aromatic ring is 1. The zero-order chi connectivity index (χ0) is 14.6. The second-order valence-electron chi connectivity index (χ2n) is 4.62. The molecule has 0 radical (unpaired) electrons. The highest BCUT2D eigenvalue weighted by molar-refractivity contribution is 5.83. The number of rotatable bonds is 4. The maximum atomic E-state index is 12.2. The Morgan fingerprint density at radius 3 is 2.53 bits per heavy atom. The number of hydrogen-bond acceptors (Lipinski definition) is 2. The molecule has 0 aliphatic carbocycles. The maximum Gasteiger partial charge on any atom is 0.391 e. The molecule has 1 rings (SSSR count). The van der Waals surface area contributed by atoms with Gasteiger partial charge in [0.05, 0.1) is 12.3 Å². The lowest BCUT2D eigenvalue weighted by molar-refractivity contribution is -0.141. The summed E-state index contributed by atoms with van der Waals surface area (Å²) in [5.74, 6) is -0.985. The molecule has 1 aromatic rings. The molecule has 19 heavy (non-hydrogen) atoms. The van der Waals surface area contributed by atoms with E-state index in [2.05, 4.69) is 5.32 Å². The van der Waals surface area contributed by atoms with Crippen LogP contribution in [0.15, 0.2) is 24.3 Å². The van der Waals surface area contributed by atoms with Crippen LogP contribution in [0.4, 0.5) is 18.9 Å². The van der Waals surface area contributed by atoms with Gasteiger partial charge in [0.1, 0.15) is 0 Å². The van der Waals surface area contributed by atoms with Crippen molar-refractivity contribution in [1.82, 2.24) is 5.32 Å². The number of nitrogens with two attached hydrogens (primary N) is 1. The SMILES string of the molecule is CC(CC(F)(F)F)NC(=O)C(C)c1cccc(N)c1. The first kappa shape index (κ1) is 15.3. The molecule has 0 aliphatic rings. The van der Waals surface area contributed by atoms with E-state index in [1.807, 2.05) is 0 Å². The first-order chi connectivity index (χ1) is 8.69. The van der Waals surface area contributed by atoms with E-state index in [0.29, 0.717) is 11.3 Å². The van der Waals surface area contributed by atoms with Crippen molar-refractivity contribution in [2.24, 2.45) is 0 Å². The lowest BCUT2D eigenvalue weighted by Gasteiger charge is -2.19. The number of benzene rings is 1. The number of nitrogens with one attached hydrogen (secondary N) is 1. The highest BCUT2D eigenvalue weighted by atomic mass is 19.4. The van der Waals surface area contributed by atoms with Gasteiger partial charge in [-0.1, -0.05) is 12.1 Å². The van der Waals surface area contributed by atoms with Gasteiger partial charge in [0.25, 0.3) is 0 Å². The number of carbonyl (C=O) groups is 1. The van der Waals surface area contributed by atoms with E-state index in [-0.39, 0.29) is 0 Å². The van der Waals surface area contributed by atoms with Crippen LogP contribution in [0.2, 0.25) is 0 Å². The summed E-state index contributed by atoms with van der Waals surface area (Å²) in [4.78, 5) is 11.8. The molecule has 1 amide bonds. The third kappa shape index (κ3) is 5.19. The van der Waals surface area contributed by atoms with Crippen LogP contribution in [0, 0.1) is 0 Å². The Morgan fingerprint density at radius 2 is 2.00 bits per heavy atom. The predicted molar refractivity (Wildman–Crippen MR) is 67.5 cm³/mol. The maximum absolute atomic E-state index is 12.2. The van der Waals surface area contributed by atoms with Crippen molar-refractivity contribution in [2.75, 3.05) is 5.73 Å². The van der Waals surface area contributed by atoms with Crippen LogP contribution in [0.3, 0.4) is 0 Å². The average molecular weight is 274 g/mol. The van der Waals surface area contributed by atoms with Gasteiger partial charge < -0.3 is 11.1 Å². The van der Waals surface area contributed by atoms with Crippen LogP contribution < -0.4 is 11.1 Å². The highest BCUT2D eigenvalue weighted by Crippen LogP contribution is 2.22. The van der Waals surface area contributed by atoms with Crippen LogP contribution in [-0.2, 0) is 4.79 Å². The Hall–Kier alpha value is -1.72. The quantitative estimate of drug-likeness (QED) is 0.829. The molecule has 0 heterocycles. The molecule has 3 N–H and O–H groups in total. The molecule has 0 bridgehead atoms. The normalized spacial score (nSPS) is 14.8. The van der Waals surface area contributed by atoms with Gasteiger partial charge in [-0.05, 0) is 31.5 Å². The van der Waals surface area contributed by atoms with Crippen molar-refractivity contribution < 1.29 is 18.0 Å². The Kier molecular flexibility index (Phi) is 4.80.